The van der Waals surface area contributed by atoms with Gasteiger partial charge in [-0.3, -0.25) is 9.69 Å². The largest absolute Gasteiger partial charge is 0.493 e. The number of nitrogens with one attached hydrogen (secondary N) is 1. The summed E-state index contributed by atoms with van der Waals surface area (Å²) < 4.78 is 11.7. The predicted molar refractivity (Wildman–Crippen MR) is 103 cm³/mol. The zero-order valence-electron chi connectivity index (χ0n) is 16.3. The number of para-hydroxylation sites is 1. The molecule has 2 saturated heterocycles. The standard InChI is InChI=1S/C21H32N2O3/c1-4-16(2)26-20-17(6-5-7-18(20)25-3)14-23-12-10-21(11-13-23)9-8-19(24)22-15-21/h5-7,16H,4,8-15H2,1-3H3,(H,22,24)/t16-/m1/s1. The van der Waals surface area contributed by atoms with E-state index in [-0.39, 0.29) is 12.0 Å². The maximum Gasteiger partial charge on any atom is 0.220 e. The first-order valence-electron chi connectivity index (χ1n) is 9.87. The molecule has 0 radical (unpaired) electrons. The van der Waals surface area contributed by atoms with Crippen LogP contribution >= 0.6 is 0 Å². The molecule has 0 saturated carbocycles. The summed E-state index contributed by atoms with van der Waals surface area (Å²) in [5.41, 5.74) is 1.51. The second-order valence-corrected chi connectivity index (χ2v) is 7.84. The number of methoxy groups -OCH3 is 1. The van der Waals surface area contributed by atoms with Crippen molar-refractivity contribution in [2.24, 2.45) is 5.41 Å². The molecule has 26 heavy (non-hydrogen) atoms. The highest BCUT2D eigenvalue weighted by Gasteiger charge is 2.37. The van der Waals surface area contributed by atoms with Crippen molar-refractivity contribution in [3.05, 3.63) is 23.8 Å². The van der Waals surface area contributed by atoms with Gasteiger partial charge >= 0.3 is 0 Å². The molecule has 3 rings (SSSR count). The SMILES string of the molecule is CC[C@@H](C)Oc1c(CN2CCC3(CCC(=O)NC3)CC2)cccc1OC. The van der Waals surface area contributed by atoms with Crippen molar-refractivity contribution < 1.29 is 14.3 Å². The Morgan fingerprint density at radius 1 is 1.27 bits per heavy atom. The normalized spacial score (nSPS) is 21.3. The van der Waals surface area contributed by atoms with Crippen LogP contribution in [0.3, 0.4) is 0 Å². The minimum atomic E-state index is 0.167. The summed E-state index contributed by atoms with van der Waals surface area (Å²) in [5.74, 6) is 1.90. The lowest BCUT2D eigenvalue weighted by Gasteiger charge is -2.44. The molecule has 1 amide bonds. The number of rotatable bonds is 6. The van der Waals surface area contributed by atoms with Crippen LogP contribution < -0.4 is 14.8 Å². The zero-order chi connectivity index (χ0) is 18.6. The zero-order valence-corrected chi connectivity index (χ0v) is 16.3. The van der Waals surface area contributed by atoms with Gasteiger partial charge < -0.3 is 14.8 Å². The molecule has 5 heteroatoms. The number of carbonyl (C=O) groups excluding carboxylic acids is 1. The minimum absolute atomic E-state index is 0.167. The van der Waals surface area contributed by atoms with Gasteiger partial charge in [-0.2, -0.15) is 0 Å². The quantitative estimate of drug-likeness (QED) is 0.845. The fourth-order valence-corrected chi connectivity index (χ4v) is 3.96. The van der Waals surface area contributed by atoms with Crippen molar-refractivity contribution >= 4 is 5.91 Å². The molecule has 1 aromatic carbocycles. The van der Waals surface area contributed by atoms with E-state index in [2.05, 4.69) is 30.1 Å². The topological polar surface area (TPSA) is 50.8 Å². The van der Waals surface area contributed by atoms with Crippen molar-refractivity contribution in [3.8, 4) is 11.5 Å². The van der Waals surface area contributed by atoms with Crippen molar-refractivity contribution in [2.45, 2.75) is 58.6 Å². The molecule has 2 fully saturated rings. The molecule has 1 N–H and O–H groups in total. The number of likely N-dealkylation sites (tertiary alicyclic amines) is 1. The Balaban J connectivity index is 1.65. The van der Waals surface area contributed by atoms with Crippen molar-refractivity contribution in [2.75, 3.05) is 26.7 Å². The third-order valence-electron chi connectivity index (χ3n) is 6.03. The monoisotopic (exact) mass is 360 g/mol. The summed E-state index contributed by atoms with van der Waals surface area (Å²) in [6, 6.07) is 6.16. The minimum Gasteiger partial charge on any atom is -0.493 e. The lowest BCUT2D eigenvalue weighted by Crippen LogP contribution is -2.49. The molecule has 2 aliphatic rings. The predicted octanol–water partition coefficient (Wildman–Crippen LogP) is 3.36. The van der Waals surface area contributed by atoms with Crippen LogP contribution in [-0.4, -0.2) is 43.7 Å². The summed E-state index contributed by atoms with van der Waals surface area (Å²) in [6.07, 6.45) is 5.16. The van der Waals surface area contributed by atoms with Gasteiger partial charge in [0.2, 0.25) is 5.91 Å². The van der Waals surface area contributed by atoms with Gasteiger partial charge in [0.15, 0.2) is 11.5 Å². The average Bonchev–Trinajstić information content (AvgIpc) is 2.67. The van der Waals surface area contributed by atoms with Gasteiger partial charge in [-0.25, -0.2) is 0 Å². The molecule has 1 aromatic rings. The molecule has 5 nitrogen and oxygen atoms in total. The summed E-state index contributed by atoms with van der Waals surface area (Å²) in [6.45, 7) is 8.09. The number of carbonyl (C=O) groups is 1. The lowest BCUT2D eigenvalue weighted by molar-refractivity contribution is -0.125. The highest BCUT2D eigenvalue weighted by molar-refractivity contribution is 5.76. The van der Waals surface area contributed by atoms with Crippen LogP contribution in [0.15, 0.2) is 18.2 Å². The Morgan fingerprint density at radius 2 is 2.04 bits per heavy atom. The fourth-order valence-electron chi connectivity index (χ4n) is 3.96. The van der Waals surface area contributed by atoms with Crippen LogP contribution in [0.25, 0.3) is 0 Å². The fraction of sp³-hybridized carbons (Fsp3) is 0.667. The smallest absolute Gasteiger partial charge is 0.220 e. The van der Waals surface area contributed by atoms with Crippen LogP contribution in [0.2, 0.25) is 0 Å². The number of hydrogen-bond acceptors (Lipinski definition) is 4. The van der Waals surface area contributed by atoms with E-state index in [0.717, 1.165) is 63.4 Å². The van der Waals surface area contributed by atoms with E-state index in [1.54, 1.807) is 7.11 Å². The van der Waals surface area contributed by atoms with E-state index in [4.69, 9.17) is 9.47 Å². The van der Waals surface area contributed by atoms with Crippen LogP contribution in [-0.2, 0) is 11.3 Å². The molecule has 0 aromatic heterocycles. The maximum absolute atomic E-state index is 11.5. The number of benzene rings is 1. The molecule has 0 unspecified atom stereocenters. The molecule has 2 heterocycles. The molecular weight excluding hydrogens is 328 g/mol. The summed E-state index contributed by atoms with van der Waals surface area (Å²) >= 11 is 0. The number of hydrogen-bond donors (Lipinski definition) is 1. The van der Waals surface area contributed by atoms with E-state index >= 15 is 0 Å². The van der Waals surface area contributed by atoms with E-state index < -0.39 is 0 Å². The Kier molecular flexibility index (Phi) is 6.07. The van der Waals surface area contributed by atoms with Crippen LogP contribution in [0.4, 0.5) is 0 Å². The average molecular weight is 360 g/mol. The van der Waals surface area contributed by atoms with Gasteiger partial charge in [-0.15, -0.1) is 0 Å². The number of amides is 1. The first-order chi connectivity index (χ1) is 12.5. The molecule has 0 bridgehead atoms. The second kappa shape index (κ2) is 8.30. The number of ether oxygens (including phenoxy) is 2. The van der Waals surface area contributed by atoms with Crippen LogP contribution in [0, 0.1) is 5.41 Å². The Hall–Kier alpha value is -1.75. The molecule has 2 aliphatic heterocycles. The molecule has 1 atom stereocenters. The van der Waals surface area contributed by atoms with E-state index in [1.165, 1.54) is 5.56 Å². The Morgan fingerprint density at radius 3 is 2.65 bits per heavy atom. The van der Waals surface area contributed by atoms with Gasteiger partial charge in [0.1, 0.15) is 0 Å². The van der Waals surface area contributed by atoms with Gasteiger partial charge in [-0.05, 0) is 57.2 Å². The Bertz CT molecular complexity index is 612. The maximum atomic E-state index is 11.5. The van der Waals surface area contributed by atoms with Crippen LogP contribution in [0.1, 0.15) is 51.5 Å². The highest BCUT2D eigenvalue weighted by atomic mass is 16.5. The van der Waals surface area contributed by atoms with Crippen LogP contribution in [0.5, 0.6) is 11.5 Å². The molecule has 0 aliphatic carbocycles. The van der Waals surface area contributed by atoms with Gasteiger partial charge in [0.05, 0.1) is 13.2 Å². The second-order valence-electron chi connectivity index (χ2n) is 7.84. The first-order valence-corrected chi connectivity index (χ1v) is 9.87. The first kappa shape index (κ1) is 19.0. The van der Waals surface area contributed by atoms with E-state index in [9.17, 15) is 4.79 Å². The molecular formula is C21H32N2O3. The van der Waals surface area contributed by atoms with Crippen molar-refractivity contribution in [3.63, 3.8) is 0 Å². The number of nitrogens with zero attached hydrogens (tertiary/aromatic N) is 1. The Labute approximate surface area is 157 Å². The molecule has 1 spiro atoms. The number of piperidine rings is 2. The summed E-state index contributed by atoms with van der Waals surface area (Å²) in [4.78, 5) is 14.0. The highest BCUT2D eigenvalue weighted by Crippen LogP contribution is 2.39. The third-order valence-corrected chi connectivity index (χ3v) is 6.03. The van der Waals surface area contributed by atoms with Gasteiger partial charge in [0, 0.05) is 25.1 Å². The lowest BCUT2D eigenvalue weighted by atomic mass is 9.73. The van der Waals surface area contributed by atoms with E-state index in [1.807, 2.05) is 12.1 Å². The van der Waals surface area contributed by atoms with Crippen molar-refractivity contribution in [1.82, 2.24) is 10.2 Å². The van der Waals surface area contributed by atoms with Crippen molar-refractivity contribution in [1.29, 1.82) is 0 Å². The summed E-state index contributed by atoms with van der Waals surface area (Å²) in [5, 5.41) is 3.07. The van der Waals surface area contributed by atoms with E-state index in [0.29, 0.717) is 11.8 Å². The summed E-state index contributed by atoms with van der Waals surface area (Å²) in [7, 11) is 1.70. The third kappa shape index (κ3) is 4.32. The van der Waals surface area contributed by atoms with Gasteiger partial charge in [0.25, 0.3) is 0 Å². The molecule has 144 valence electrons. The van der Waals surface area contributed by atoms with Gasteiger partial charge in [-0.1, -0.05) is 19.1 Å².